The maximum atomic E-state index is 11.0. The standard InChI is InChI=1S/C12H9Br2NO4S/c1-6(16)11-5-9(15(17)18)12(20-11)19-10-3-2-7(13)4-8(10)14/h2-6,16H,1H3/t6-/m0/s1. The van der Waals surface area contributed by atoms with Gasteiger partial charge in [0.2, 0.25) is 0 Å². The lowest BCUT2D eigenvalue weighted by atomic mass is 10.3. The Labute approximate surface area is 135 Å². The van der Waals surface area contributed by atoms with Crippen LogP contribution in [0.4, 0.5) is 5.69 Å². The number of benzene rings is 1. The summed E-state index contributed by atoms with van der Waals surface area (Å²) in [5.74, 6) is 0.468. The van der Waals surface area contributed by atoms with E-state index >= 15 is 0 Å². The predicted molar refractivity (Wildman–Crippen MR) is 83.5 cm³/mol. The van der Waals surface area contributed by atoms with Crippen molar-refractivity contribution in [3.8, 4) is 10.8 Å². The number of thiophene rings is 1. The van der Waals surface area contributed by atoms with Gasteiger partial charge in [-0.05, 0) is 41.1 Å². The van der Waals surface area contributed by atoms with Crippen LogP contribution >= 0.6 is 43.2 Å². The van der Waals surface area contributed by atoms with Crippen molar-refractivity contribution in [3.05, 3.63) is 48.2 Å². The molecule has 0 spiro atoms. The monoisotopic (exact) mass is 421 g/mol. The first-order valence-corrected chi connectivity index (χ1v) is 7.88. The van der Waals surface area contributed by atoms with E-state index in [4.69, 9.17) is 4.74 Å². The maximum absolute atomic E-state index is 11.0. The second-order valence-electron chi connectivity index (χ2n) is 3.93. The Morgan fingerprint density at radius 2 is 2.10 bits per heavy atom. The van der Waals surface area contributed by atoms with Crippen LogP contribution in [0.15, 0.2) is 33.2 Å². The first-order chi connectivity index (χ1) is 9.38. The van der Waals surface area contributed by atoms with Crippen molar-refractivity contribution in [2.24, 2.45) is 0 Å². The van der Waals surface area contributed by atoms with Crippen LogP contribution in [0.3, 0.4) is 0 Å². The quantitative estimate of drug-likeness (QED) is 0.554. The van der Waals surface area contributed by atoms with Crippen molar-refractivity contribution in [1.82, 2.24) is 0 Å². The smallest absolute Gasteiger partial charge is 0.323 e. The van der Waals surface area contributed by atoms with Gasteiger partial charge in [0.25, 0.3) is 5.06 Å². The van der Waals surface area contributed by atoms with Crippen LogP contribution in [-0.4, -0.2) is 10.0 Å². The molecule has 20 heavy (non-hydrogen) atoms. The summed E-state index contributed by atoms with van der Waals surface area (Å²) in [5.41, 5.74) is -0.152. The van der Waals surface area contributed by atoms with Gasteiger partial charge in [0.15, 0.2) is 0 Å². The molecule has 106 valence electrons. The highest BCUT2D eigenvalue weighted by molar-refractivity contribution is 9.11. The molecule has 5 nitrogen and oxygen atoms in total. The summed E-state index contributed by atoms with van der Waals surface area (Å²) in [5, 5.41) is 20.7. The van der Waals surface area contributed by atoms with E-state index in [0.29, 0.717) is 15.1 Å². The van der Waals surface area contributed by atoms with Gasteiger partial charge in [0, 0.05) is 15.4 Å². The van der Waals surface area contributed by atoms with Crippen molar-refractivity contribution < 1.29 is 14.8 Å². The van der Waals surface area contributed by atoms with Gasteiger partial charge in [-0.3, -0.25) is 10.1 Å². The lowest BCUT2D eigenvalue weighted by molar-refractivity contribution is -0.385. The van der Waals surface area contributed by atoms with E-state index in [1.807, 2.05) is 0 Å². The second-order valence-corrected chi connectivity index (χ2v) is 6.75. The normalized spacial score (nSPS) is 12.2. The summed E-state index contributed by atoms with van der Waals surface area (Å²) >= 11 is 7.71. The molecule has 1 heterocycles. The van der Waals surface area contributed by atoms with Crippen LogP contribution in [-0.2, 0) is 0 Å². The van der Waals surface area contributed by atoms with Crippen LogP contribution in [0.2, 0.25) is 0 Å². The lowest BCUT2D eigenvalue weighted by Crippen LogP contribution is -1.90. The van der Waals surface area contributed by atoms with Gasteiger partial charge in [-0.25, -0.2) is 0 Å². The highest BCUT2D eigenvalue weighted by atomic mass is 79.9. The van der Waals surface area contributed by atoms with Gasteiger partial charge in [-0.2, -0.15) is 0 Å². The Morgan fingerprint density at radius 3 is 2.65 bits per heavy atom. The van der Waals surface area contributed by atoms with Gasteiger partial charge in [0.1, 0.15) is 5.75 Å². The van der Waals surface area contributed by atoms with Crippen LogP contribution in [0, 0.1) is 10.1 Å². The van der Waals surface area contributed by atoms with E-state index in [9.17, 15) is 15.2 Å². The fourth-order valence-electron chi connectivity index (χ4n) is 1.45. The van der Waals surface area contributed by atoms with E-state index in [-0.39, 0.29) is 10.8 Å². The minimum atomic E-state index is -0.774. The third-order valence-corrected chi connectivity index (χ3v) is 4.69. The van der Waals surface area contributed by atoms with Crippen molar-refractivity contribution in [1.29, 1.82) is 0 Å². The molecule has 0 saturated heterocycles. The summed E-state index contributed by atoms with van der Waals surface area (Å²) in [4.78, 5) is 11.0. The fraction of sp³-hybridized carbons (Fsp3) is 0.167. The van der Waals surface area contributed by atoms with E-state index in [1.165, 1.54) is 6.07 Å². The summed E-state index contributed by atoms with van der Waals surface area (Å²) in [6.07, 6.45) is -0.774. The number of halogens is 2. The number of nitrogens with zero attached hydrogens (tertiary/aromatic N) is 1. The van der Waals surface area contributed by atoms with Crippen LogP contribution < -0.4 is 4.74 Å². The minimum Gasteiger partial charge on any atom is -0.439 e. The van der Waals surface area contributed by atoms with Gasteiger partial charge < -0.3 is 9.84 Å². The molecule has 2 aromatic rings. The molecule has 1 atom stereocenters. The molecule has 8 heteroatoms. The minimum absolute atomic E-state index is 0.147. The highest BCUT2D eigenvalue weighted by Crippen LogP contribution is 2.43. The summed E-state index contributed by atoms with van der Waals surface area (Å²) < 4.78 is 7.12. The van der Waals surface area contributed by atoms with Crippen LogP contribution in [0.1, 0.15) is 17.9 Å². The lowest BCUT2D eigenvalue weighted by Gasteiger charge is -2.05. The van der Waals surface area contributed by atoms with Crippen LogP contribution in [0.25, 0.3) is 0 Å². The van der Waals surface area contributed by atoms with Crippen molar-refractivity contribution in [2.45, 2.75) is 13.0 Å². The van der Waals surface area contributed by atoms with Crippen LogP contribution in [0.5, 0.6) is 10.8 Å². The molecule has 1 aromatic carbocycles. The first-order valence-electron chi connectivity index (χ1n) is 5.47. The molecule has 1 aromatic heterocycles. The Balaban J connectivity index is 2.39. The van der Waals surface area contributed by atoms with Crippen molar-refractivity contribution in [2.75, 3.05) is 0 Å². The molecule has 0 radical (unpaired) electrons. The molecule has 0 bridgehead atoms. The zero-order valence-corrected chi connectivity index (χ0v) is 14.2. The summed E-state index contributed by atoms with van der Waals surface area (Å²) in [7, 11) is 0. The molecule has 0 fully saturated rings. The number of hydrogen-bond donors (Lipinski definition) is 1. The zero-order chi connectivity index (χ0) is 14.9. The molecule has 2 rings (SSSR count). The third kappa shape index (κ3) is 3.38. The van der Waals surface area contributed by atoms with Gasteiger partial charge in [-0.1, -0.05) is 27.3 Å². The Morgan fingerprint density at radius 1 is 1.40 bits per heavy atom. The number of rotatable bonds is 4. The number of ether oxygens (including phenoxy) is 1. The van der Waals surface area contributed by atoms with Crippen molar-refractivity contribution in [3.63, 3.8) is 0 Å². The fourth-order valence-corrected chi connectivity index (χ4v) is 3.50. The highest BCUT2D eigenvalue weighted by Gasteiger charge is 2.23. The number of aliphatic hydroxyl groups is 1. The van der Waals surface area contributed by atoms with Gasteiger partial charge >= 0.3 is 5.69 Å². The Kier molecular flexibility index (Phi) is 4.79. The Bertz CT molecular complexity index is 657. The second kappa shape index (κ2) is 6.21. The average molecular weight is 423 g/mol. The molecular formula is C12H9Br2NO4S. The molecule has 0 amide bonds. The largest absolute Gasteiger partial charge is 0.439 e. The first kappa shape index (κ1) is 15.4. The number of aliphatic hydroxyl groups excluding tert-OH is 1. The molecule has 0 aliphatic carbocycles. The van der Waals surface area contributed by atoms with E-state index < -0.39 is 11.0 Å². The SMILES string of the molecule is C[C@H](O)c1cc([N+](=O)[O-])c(Oc2ccc(Br)cc2Br)s1. The van der Waals surface area contributed by atoms with E-state index in [1.54, 1.807) is 25.1 Å². The molecule has 0 saturated carbocycles. The topological polar surface area (TPSA) is 72.6 Å². The summed E-state index contributed by atoms with van der Waals surface area (Å²) in [6.45, 7) is 1.55. The third-order valence-electron chi connectivity index (χ3n) is 2.40. The van der Waals surface area contributed by atoms with Crippen molar-refractivity contribution >= 4 is 48.9 Å². The Hall–Kier alpha value is -0.960. The zero-order valence-electron chi connectivity index (χ0n) is 10.2. The maximum Gasteiger partial charge on any atom is 0.323 e. The molecule has 0 aliphatic rings. The molecule has 1 N–H and O–H groups in total. The number of nitro groups is 1. The van der Waals surface area contributed by atoms with E-state index in [0.717, 1.165) is 15.8 Å². The molecular weight excluding hydrogens is 414 g/mol. The average Bonchev–Trinajstić information content (AvgIpc) is 2.77. The number of hydrogen-bond acceptors (Lipinski definition) is 5. The molecule has 0 unspecified atom stereocenters. The van der Waals surface area contributed by atoms with Gasteiger partial charge in [-0.15, -0.1) is 0 Å². The van der Waals surface area contributed by atoms with Gasteiger partial charge in [0.05, 0.1) is 15.5 Å². The molecule has 0 aliphatic heterocycles. The predicted octanol–water partition coefficient (Wildman–Crippen LogP) is 5.03. The summed E-state index contributed by atoms with van der Waals surface area (Å²) in [6, 6.07) is 6.58. The van der Waals surface area contributed by atoms with E-state index in [2.05, 4.69) is 31.9 Å².